The van der Waals surface area contributed by atoms with Gasteiger partial charge in [0.05, 0.1) is 22.9 Å². The number of hydrogen-bond acceptors (Lipinski definition) is 2. The number of aryl methyl sites for hydroxylation is 1. The maximum atomic E-state index is 13.7. The second-order valence-corrected chi connectivity index (χ2v) is 4.41. The number of halogens is 2. The Morgan fingerprint density at radius 3 is 3.00 bits per heavy atom. The maximum absolute atomic E-state index is 13.7. The summed E-state index contributed by atoms with van der Waals surface area (Å²) in [6.45, 7) is 3.48. The molecule has 1 heterocycles. The van der Waals surface area contributed by atoms with Crippen molar-refractivity contribution in [2.24, 2.45) is 0 Å². The van der Waals surface area contributed by atoms with Crippen LogP contribution in [0.3, 0.4) is 0 Å². The van der Waals surface area contributed by atoms with Crippen LogP contribution in [0.2, 0.25) is 5.02 Å². The molecule has 1 aromatic heterocycles. The lowest BCUT2D eigenvalue weighted by Gasteiger charge is -2.10. The average Bonchev–Trinajstić information content (AvgIpc) is 2.79. The second-order valence-electron chi connectivity index (χ2n) is 4.00. The summed E-state index contributed by atoms with van der Waals surface area (Å²) < 4.78 is 15.6. The molecule has 0 saturated carbocycles. The third-order valence-corrected chi connectivity index (χ3v) is 2.94. The summed E-state index contributed by atoms with van der Waals surface area (Å²) in [6, 6.07) is 6.84. The lowest BCUT2D eigenvalue weighted by molar-refractivity contribution is 0.577. The lowest BCUT2D eigenvalue weighted by Crippen LogP contribution is -2.09. The molecule has 0 amide bonds. The van der Waals surface area contributed by atoms with E-state index < -0.39 is 5.82 Å². The highest BCUT2D eigenvalue weighted by atomic mass is 35.5. The van der Waals surface area contributed by atoms with E-state index in [9.17, 15) is 4.39 Å². The fourth-order valence-electron chi connectivity index (χ4n) is 1.75. The largest absolute Gasteiger partial charge is 0.377 e. The summed E-state index contributed by atoms with van der Waals surface area (Å²) in [5, 5.41) is 7.38. The first-order chi connectivity index (χ1) is 8.72. The molecule has 1 aromatic carbocycles. The zero-order chi connectivity index (χ0) is 13.0. The smallest absolute Gasteiger partial charge is 0.164 e. The van der Waals surface area contributed by atoms with E-state index in [1.54, 1.807) is 18.3 Å². The van der Waals surface area contributed by atoms with Gasteiger partial charge < -0.3 is 5.32 Å². The quantitative estimate of drug-likeness (QED) is 0.895. The Morgan fingerprint density at radius 1 is 1.39 bits per heavy atom. The molecule has 1 N–H and O–H groups in total. The van der Waals surface area contributed by atoms with Crippen molar-refractivity contribution in [3.05, 3.63) is 47.0 Å². The van der Waals surface area contributed by atoms with Crippen LogP contribution in [-0.2, 0) is 13.1 Å². The Bertz CT molecular complexity index is 525. The molecular formula is C13H15ClFN3. The van der Waals surface area contributed by atoms with E-state index in [2.05, 4.69) is 17.3 Å². The maximum Gasteiger partial charge on any atom is 0.164 e. The van der Waals surface area contributed by atoms with Gasteiger partial charge in [-0.2, -0.15) is 5.10 Å². The first kappa shape index (κ1) is 12.9. The molecule has 96 valence electrons. The van der Waals surface area contributed by atoms with Gasteiger partial charge in [0.2, 0.25) is 0 Å². The van der Waals surface area contributed by atoms with Crippen LogP contribution in [0.15, 0.2) is 30.5 Å². The van der Waals surface area contributed by atoms with E-state index in [-0.39, 0.29) is 5.02 Å². The molecule has 2 rings (SSSR count). The Morgan fingerprint density at radius 2 is 2.22 bits per heavy atom. The summed E-state index contributed by atoms with van der Waals surface area (Å²) >= 11 is 5.72. The van der Waals surface area contributed by atoms with Crippen molar-refractivity contribution in [1.82, 2.24) is 9.78 Å². The normalized spacial score (nSPS) is 10.6. The molecule has 2 aromatic rings. The van der Waals surface area contributed by atoms with Gasteiger partial charge >= 0.3 is 0 Å². The summed E-state index contributed by atoms with van der Waals surface area (Å²) in [5.74, 6) is -0.416. The fourth-order valence-corrected chi connectivity index (χ4v) is 1.92. The molecular weight excluding hydrogens is 253 g/mol. The topological polar surface area (TPSA) is 29.9 Å². The lowest BCUT2D eigenvalue weighted by atomic mass is 10.3. The van der Waals surface area contributed by atoms with Gasteiger partial charge in [-0.1, -0.05) is 24.6 Å². The van der Waals surface area contributed by atoms with Gasteiger partial charge in [0.1, 0.15) is 0 Å². The van der Waals surface area contributed by atoms with Crippen molar-refractivity contribution in [1.29, 1.82) is 0 Å². The third-order valence-electron chi connectivity index (χ3n) is 2.65. The van der Waals surface area contributed by atoms with Crippen molar-refractivity contribution in [3.8, 4) is 0 Å². The van der Waals surface area contributed by atoms with Crippen LogP contribution in [-0.4, -0.2) is 9.78 Å². The Labute approximate surface area is 111 Å². The van der Waals surface area contributed by atoms with E-state index >= 15 is 0 Å². The molecule has 0 saturated heterocycles. The van der Waals surface area contributed by atoms with Crippen molar-refractivity contribution >= 4 is 17.3 Å². The first-order valence-corrected chi connectivity index (χ1v) is 6.28. The van der Waals surface area contributed by atoms with Gasteiger partial charge in [0.25, 0.3) is 0 Å². The van der Waals surface area contributed by atoms with Gasteiger partial charge in [0, 0.05) is 12.7 Å². The zero-order valence-corrected chi connectivity index (χ0v) is 10.9. The van der Waals surface area contributed by atoms with Crippen LogP contribution in [0, 0.1) is 5.82 Å². The van der Waals surface area contributed by atoms with Crippen molar-refractivity contribution in [3.63, 3.8) is 0 Å². The molecule has 0 atom stereocenters. The molecule has 0 spiro atoms. The van der Waals surface area contributed by atoms with E-state index in [4.69, 9.17) is 11.6 Å². The summed E-state index contributed by atoms with van der Waals surface area (Å²) in [4.78, 5) is 0. The number of nitrogens with one attached hydrogen (secondary N) is 1. The van der Waals surface area contributed by atoms with Gasteiger partial charge in [0.15, 0.2) is 5.82 Å². The van der Waals surface area contributed by atoms with Crippen molar-refractivity contribution < 1.29 is 4.39 Å². The highest BCUT2D eigenvalue weighted by Gasteiger charge is 2.07. The predicted molar refractivity (Wildman–Crippen MR) is 71.3 cm³/mol. The minimum Gasteiger partial charge on any atom is -0.377 e. The molecule has 5 heteroatoms. The standard InChI is InChI=1S/C13H15ClFN3/c1-2-8-18-10(6-7-17-18)9-16-12-5-3-4-11(14)13(12)15/h3-7,16H,2,8-9H2,1H3. The highest BCUT2D eigenvalue weighted by Crippen LogP contribution is 2.22. The van der Waals surface area contributed by atoms with E-state index in [0.717, 1.165) is 18.7 Å². The average molecular weight is 268 g/mol. The van der Waals surface area contributed by atoms with E-state index in [1.807, 2.05) is 10.7 Å². The van der Waals surface area contributed by atoms with Crippen molar-refractivity contribution in [2.75, 3.05) is 5.32 Å². The minimum absolute atomic E-state index is 0.127. The van der Waals surface area contributed by atoms with Crippen LogP contribution in [0.1, 0.15) is 19.0 Å². The monoisotopic (exact) mass is 267 g/mol. The molecule has 0 bridgehead atoms. The molecule has 0 aliphatic heterocycles. The molecule has 0 radical (unpaired) electrons. The Kier molecular flexibility index (Phi) is 4.20. The molecule has 3 nitrogen and oxygen atoms in total. The number of rotatable bonds is 5. The summed E-state index contributed by atoms with van der Waals surface area (Å²) in [6.07, 6.45) is 2.77. The molecule has 0 unspecified atom stereocenters. The van der Waals surface area contributed by atoms with Crippen LogP contribution < -0.4 is 5.32 Å². The molecule has 0 fully saturated rings. The van der Waals surface area contributed by atoms with Gasteiger partial charge in [-0.3, -0.25) is 4.68 Å². The minimum atomic E-state index is -0.416. The number of anilines is 1. The third kappa shape index (κ3) is 2.82. The van der Waals surface area contributed by atoms with Gasteiger partial charge in [-0.15, -0.1) is 0 Å². The van der Waals surface area contributed by atoms with Gasteiger partial charge in [-0.25, -0.2) is 4.39 Å². The number of aromatic nitrogens is 2. The number of hydrogen-bond donors (Lipinski definition) is 1. The predicted octanol–water partition coefficient (Wildman–Crippen LogP) is 3.70. The summed E-state index contributed by atoms with van der Waals surface area (Å²) in [7, 11) is 0. The SMILES string of the molecule is CCCn1nccc1CNc1cccc(Cl)c1F. The van der Waals surface area contributed by atoms with Crippen LogP contribution in [0.25, 0.3) is 0 Å². The molecule has 0 aliphatic carbocycles. The molecule has 0 aliphatic rings. The van der Waals surface area contributed by atoms with Crippen LogP contribution in [0.4, 0.5) is 10.1 Å². The second kappa shape index (κ2) is 5.87. The molecule has 18 heavy (non-hydrogen) atoms. The zero-order valence-electron chi connectivity index (χ0n) is 10.2. The Hall–Kier alpha value is -1.55. The van der Waals surface area contributed by atoms with E-state index in [0.29, 0.717) is 12.2 Å². The number of benzene rings is 1. The summed E-state index contributed by atoms with van der Waals surface area (Å²) in [5.41, 5.74) is 1.43. The van der Waals surface area contributed by atoms with E-state index in [1.165, 1.54) is 6.07 Å². The van der Waals surface area contributed by atoms with Crippen LogP contribution in [0.5, 0.6) is 0 Å². The van der Waals surface area contributed by atoms with Crippen LogP contribution >= 0.6 is 11.6 Å². The fraction of sp³-hybridized carbons (Fsp3) is 0.308. The van der Waals surface area contributed by atoms with Crippen molar-refractivity contribution in [2.45, 2.75) is 26.4 Å². The van der Waals surface area contributed by atoms with Gasteiger partial charge in [-0.05, 0) is 24.6 Å². The highest BCUT2D eigenvalue weighted by molar-refractivity contribution is 6.31. The Balaban J connectivity index is 2.07. The number of nitrogens with zero attached hydrogens (tertiary/aromatic N) is 2. The first-order valence-electron chi connectivity index (χ1n) is 5.91.